The quantitative estimate of drug-likeness (QED) is 0.401. The van der Waals surface area contributed by atoms with Crippen LogP contribution in [-0.4, -0.2) is 6.61 Å². The van der Waals surface area contributed by atoms with Gasteiger partial charge in [0.1, 0.15) is 17.3 Å². The molecular formula is C8H8FN3O. The average Bonchev–Trinajstić information content (AvgIpc) is 2.11. The first-order valence-corrected chi connectivity index (χ1v) is 3.76. The predicted molar refractivity (Wildman–Crippen MR) is 46.4 cm³/mol. The lowest BCUT2D eigenvalue weighted by Crippen LogP contribution is -1.92. The highest BCUT2D eigenvalue weighted by molar-refractivity contribution is 5.52. The fourth-order valence-electron chi connectivity index (χ4n) is 0.909. The van der Waals surface area contributed by atoms with E-state index < -0.39 is 5.82 Å². The molecule has 0 heterocycles. The Labute approximate surface area is 74.6 Å². The van der Waals surface area contributed by atoms with Crippen LogP contribution in [0.5, 0.6) is 5.75 Å². The molecule has 4 nitrogen and oxygen atoms in total. The topological polar surface area (TPSA) is 58.0 Å². The molecule has 68 valence electrons. The Morgan fingerprint density at radius 2 is 2.38 bits per heavy atom. The van der Waals surface area contributed by atoms with E-state index in [0.29, 0.717) is 6.61 Å². The number of rotatable bonds is 3. The van der Waals surface area contributed by atoms with E-state index in [9.17, 15) is 4.39 Å². The molecule has 0 aliphatic rings. The standard InChI is InChI=1S/C8H8FN3O/c1-2-13-7-5-3-4-6(9)8(7)11-12-10/h3-5H,2H2,1H3. The summed E-state index contributed by atoms with van der Waals surface area (Å²) in [4.78, 5) is 2.51. The molecule has 0 saturated carbocycles. The van der Waals surface area contributed by atoms with Gasteiger partial charge in [0.15, 0.2) is 0 Å². The lowest BCUT2D eigenvalue weighted by Gasteiger charge is -2.05. The van der Waals surface area contributed by atoms with Crippen molar-refractivity contribution in [3.8, 4) is 5.75 Å². The second kappa shape index (κ2) is 4.33. The minimum absolute atomic E-state index is 0.0909. The van der Waals surface area contributed by atoms with Crippen LogP contribution in [0.25, 0.3) is 10.4 Å². The molecule has 13 heavy (non-hydrogen) atoms. The van der Waals surface area contributed by atoms with Crippen molar-refractivity contribution in [1.82, 2.24) is 0 Å². The number of halogens is 1. The molecule has 0 bridgehead atoms. The van der Waals surface area contributed by atoms with E-state index >= 15 is 0 Å². The maximum atomic E-state index is 13.0. The third kappa shape index (κ3) is 2.10. The number of azide groups is 1. The van der Waals surface area contributed by atoms with E-state index in [-0.39, 0.29) is 11.4 Å². The third-order valence-electron chi connectivity index (χ3n) is 1.39. The monoisotopic (exact) mass is 181 g/mol. The van der Waals surface area contributed by atoms with Crippen LogP contribution in [0, 0.1) is 5.82 Å². The van der Waals surface area contributed by atoms with Crippen LogP contribution in [0.4, 0.5) is 10.1 Å². The Kier molecular flexibility index (Phi) is 3.11. The number of ether oxygens (including phenoxy) is 1. The van der Waals surface area contributed by atoms with Crippen LogP contribution < -0.4 is 4.74 Å². The van der Waals surface area contributed by atoms with E-state index in [1.807, 2.05) is 0 Å². The molecule has 0 radical (unpaired) electrons. The summed E-state index contributed by atoms with van der Waals surface area (Å²) < 4.78 is 18.1. The van der Waals surface area contributed by atoms with Gasteiger partial charge in [0, 0.05) is 4.91 Å². The highest BCUT2D eigenvalue weighted by Gasteiger charge is 2.06. The van der Waals surface area contributed by atoms with Crippen molar-refractivity contribution >= 4 is 5.69 Å². The molecule has 5 heteroatoms. The van der Waals surface area contributed by atoms with E-state index in [1.165, 1.54) is 12.1 Å². The zero-order valence-electron chi connectivity index (χ0n) is 7.07. The van der Waals surface area contributed by atoms with Crippen molar-refractivity contribution < 1.29 is 9.13 Å². The third-order valence-corrected chi connectivity index (χ3v) is 1.39. The summed E-state index contributed by atoms with van der Waals surface area (Å²) in [5, 5.41) is 3.21. The lowest BCUT2D eigenvalue weighted by atomic mass is 10.3. The Morgan fingerprint density at radius 1 is 1.62 bits per heavy atom. The average molecular weight is 181 g/mol. The van der Waals surface area contributed by atoms with Gasteiger partial charge in [-0.2, -0.15) is 0 Å². The van der Waals surface area contributed by atoms with Crippen molar-refractivity contribution in [3.63, 3.8) is 0 Å². The molecule has 0 amide bonds. The van der Waals surface area contributed by atoms with Gasteiger partial charge >= 0.3 is 0 Å². The fourth-order valence-corrected chi connectivity index (χ4v) is 0.909. The Balaban J connectivity index is 3.16. The molecule has 0 spiro atoms. The number of hydrogen-bond donors (Lipinski definition) is 0. The zero-order valence-corrected chi connectivity index (χ0v) is 7.07. The minimum Gasteiger partial charge on any atom is -0.493 e. The highest BCUT2D eigenvalue weighted by atomic mass is 19.1. The van der Waals surface area contributed by atoms with E-state index in [1.54, 1.807) is 13.0 Å². The van der Waals surface area contributed by atoms with E-state index in [2.05, 4.69) is 10.0 Å². The Hall–Kier alpha value is -1.74. The van der Waals surface area contributed by atoms with Crippen LogP contribution >= 0.6 is 0 Å². The molecule has 1 aromatic carbocycles. The van der Waals surface area contributed by atoms with Crippen molar-refractivity contribution in [3.05, 3.63) is 34.5 Å². The van der Waals surface area contributed by atoms with Gasteiger partial charge in [-0.25, -0.2) is 4.39 Å². The number of nitrogens with zero attached hydrogens (tertiary/aromatic N) is 3. The largest absolute Gasteiger partial charge is 0.493 e. The smallest absolute Gasteiger partial charge is 0.136 e. The Bertz CT molecular complexity index is 347. The second-order valence-electron chi connectivity index (χ2n) is 2.21. The van der Waals surface area contributed by atoms with Crippen LogP contribution in [-0.2, 0) is 0 Å². The van der Waals surface area contributed by atoms with Crippen molar-refractivity contribution in [2.24, 2.45) is 5.11 Å². The summed E-state index contributed by atoms with van der Waals surface area (Å²) in [5.41, 5.74) is 8.08. The molecule has 0 fully saturated rings. The number of benzene rings is 1. The molecular weight excluding hydrogens is 173 g/mol. The van der Waals surface area contributed by atoms with Crippen LogP contribution in [0.3, 0.4) is 0 Å². The summed E-state index contributed by atoms with van der Waals surface area (Å²) >= 11 is 0. The first-order valence-electron chi connectivity index (χ1n) is 3.76. The zero-order chi connectivity index (χ0) is 9.68. The molecule has 0 saturated heterocycles. The molecule has 0 unspecified atom stereocenters. The summed E-state index contributed by atoms with van der Waals surface area (Å²) in [6.07, 6.45) is 0. The molecule has 0 aromatic heterocycles. The normalized spacial score (nSPS) is 9.08. The van der Waals surface area contributed by atoms with Gasteiger partial charge in [0.05, 0.1) is 6.61 Å². The summed E-state index contributed by atoms with van der Waals surface area (Å²) in [6, 6.07) is 4.26. The van der Waals surface area contributed by atoms with Gasteiger partial charge in [-0.1, -0.05) is 11.2 Å². The summed E-state index contributed by atoms with van der Waals surface area (Å²) in [5.74, 6) is -0.316. The first-order chi connectivity index (χ1) is 6.29. The molecule has 0 aliphatic carbocycles. The van der Waals surface area contributed by atoms with Gasteiger partial charge in [-0.15, -0.1) is 0 Å². The van der Waals surface area contributed by atoms with Gasteiger partial charge in [-0.3, -0.25) is 0 Å². The van der Waals surface area contributed by atoms with Crippen molar-refractivity contribution in [1.29, 1.82) is 0 Å². The van der Waals surface area contributed by atoms with Gasteiger partial charge in [-0.05, 0) is 24.6 Å². The van der Waals surface area contributed by atoms with Crippen LogP contribution in [0.15, 0.2) is 23.3 Å². The number of hydrogen-bond acceptors (Lipinski definition) is 2. The maximum absolute atomic E-state index is 13.0. The van der Waals surface area contributed by atoms with Gasteiger partial charge in [0.2, 0.25) is 0 Å². The molecule has 0 atom stereocenters. The fraction of sp³-hybridized carbons (Fsp3) is 0.250. The van der Waals surface area contributed by atoms with Gasteiger partial charge < -0.3 is 4.74 Å². The van der Waals surface area contributed by atoms with Gasteiger partial charge in [0.25, 0.3) is 0 Å². The van der Waals surface area contributed by atoms with E-state index in [4.69, 9.17) is 10.3 Å². The van der Waals surface area contributed by atoms with Crippen molar-refractivity contribution in [2.75, 3.05) is 6.61 Å². The molecule has 0 N–H and O–H groups in total. The van der Waals surface area contributed by atoms with Crippen molar-refractivity contribution in [2.45, 2.75) is 6.92 Å². The van der Waals surface area contributed by atoms with E-state index in [0.717, 1.165) is 0 Å². The molecule has 0 aliphatic heterocycles. The van der Waals surface area contributed by atoms with Crippen LogP contribution in [0.2, 0.25) is 0 Å². The SMILES string of the molecule is CCOc1cccc(F)c1N=[N+]=[N-]. The second-order valence-corrected chi connectivity index (χ2v) is 2.21. The first kappa shape index (κ1) is 9.35. The summed E-state index contributed by atoms with van der Waals surface area (Å²) in [6.45, 7) is 2.17. The lowest BCUT2D eigenvalue weighted by molar-refractivity contribution is 0.339. The molecule has 1 aromatic rings. The predicted octanol–water partition coefficient (Wildman–Crippen LogP) is 3.17. The minimum atomic E-state index is -0.580. The highest BCUT2D eigenvalue weighted by Crippen LogP contribution is 2.30. The molecule has 1 rings (SSSR count). The van der Waals surface area contributed by atoms with Crippen LogP contribution in [0.1, 0.15) is 6.92 Å². The maximum Gasteiger partial charge on any atom is 0.136 e. The summed E-state index contributed by atoms with van der Waals surface area (Å²) in [7, 11) is 0. The Morgan fingerprint density at radius 3 is 3.00 bits per heavy atom.